The lowest BCUT2D eigenvalue weighted by Gasteiger charge is -2.09. The minimum atomic E-state index is -0.945. The van der Waals surface area contributed by atoms with E-state index in [4.69, 9.17) is 15.3 Å². The number of aromatic carboxylic acids is 1. The Morgan fingerprint density at radius 1 is 1.24 bits per heavy atom. The van der Waals surface area contributed by atoms with Crippen molar-refractivity contribution in [1.29, 1.82) is 0 Å². The number of aryl methyl sites for hydroxylation is 1. The fourth-order valence-corrected chi connectivity index (χ4v) is 1.62. The number of carboxylic acid groups (broad SMARTS) is 1. The number of rotatable bonds is 3. The summed E-state index contributed by atoms with van der Waals surface area (Å²) >= 11 is 0. The highest BCUT2D eigenvalue weighted by atomic mass is 16.4. The summed E-state index contributed by atoms with van der Waals surface area (Å²) in [7, 11) is 0. The molecule has 0 saturated carbocycles. The van der Waals surface area contributed by atoms with Crippen molar-refractivity contribution in [2.75, 3.05) is 0 Å². The Bertz CT molecular complexity index is 528. The van der Waals surface area contributed by atoms with Crippen molar-refractivity contribution in [3.8, 4) is 0 Å². The van der Waals surface area contributed by atoms with Crippen LogP contribution in [0.2, 0.25) is 0 Å². The molecule has 0 saturated heterocycles. The number of nitrogens with two attached hydrogens (primary N) is 1. The second-order valence-corrected chi connectivity index (χ2v) is 3.85. The molecule has 0 amide bonds. The van der Waals surface area contributed by atoms with E-state index in [9.17, 15) is 4.79 Å². The molecule has 1 aromatic carbocycles. The Balaban J connectivity index is 2.25. The third-order valence-corrected chi connectivity index (χ3v) is 2.58. The van der Waals surface area contributed by atoms with Gasteiger partial charge in [0.2, 0.25) is 0 Å². The second kappa shape index (κ2) is 4.43. The average molecular weight is 231 g/mol. The van der Waals surface area contributed by atoms with Crippen molar-refractivity contribution >= 4 is 5.97 Å². The van der Waals surface area contributed by atoms with Crippen LogP contribution in [0.15, 0.2) is 40.8 Å². The zero-order valence-electron chi connectivity index (χ0n) is 9.38. The van der Waals surface area contributed by atoms with Gasteiger partial charge in [-0.25, -0.2) is 4.79 Å². The molecule has 4 nitrogen and oxygen atoms in total. The van der Waals surface area contributed by atoms with Crippen LogP contribution in [0, 0.1) is 6.92 Å². The molecule has 2 rings (SSSR count). The molecule has 1 unspecified atom stereocenters. The lowest BCUT2D eigenvalue weighted by atomic mass is 10.0. The first-order chi connectivity index (χ1) is 8.08. The molecule has 0 aliphatic carbocycles. The van der Waals surface area contributed by atoms with E-state index in [2.05, 4.69) is 0 Å². The first-order valence-electron chi connectivity index (χ1n) is 5.23. The SMILES string of the molecule is Cc1ccc(C(N)c2ccc(C(=O)O)cc2)o1. The van der Waals surface area contributed by atoms with Gasteiger partial charge in [0.1, 0.15) is 11.5 Å². The predicted octanol–water partition coefficient (Wildman–Crippen LogP) is 2.33. The van der Waals surface area contributed by atoms with Gasteiger partial charge in [-0.15, -0.1) is 0 Å². The minimum absolute atomic E-state index is 0.247. The lowest BCUT2D eigenvalue weighted by molar-refractivity contribution is 0.0697. The van der Waals surface area contributed by atoms with Crippen LogP contribution in [0.4, 0.5) is 0 Å². The van der Waals surface area contributed by atoms with E-state index in [1.165, 1.54) is 12.1 Å². The van der Waals surface area contributed by atoms with Crippen LogP contribution in [0.25, 0.3) is 0 Å². The van der Waals surface area contributed by atoms with Gasteiger partial charge in [-0.05, 0) is 36.8 Å². The van der Waals surface area contributed by atoms with E-state index in [1.54, 1.807) is 12.1 Å². The number of furan rings is 1. The van der Waals surface area contributed by atoms with Gasteiger partial charge in [0, 0.05) is 0 Å². The third kappa shape index (κ3) is 2.37. The maximum atomic E-state index is 10.7. The maximum absolute atomic E-state index is 10.7. The largest absolute Gasteiger partial charge is 0.478 e. The summed E-state index contributed by atoms with van der Waals surface area (Å²) in [5.41, 5.74) is 7.08. The van der Waals surface area contributed by atoms with Gasteiger partial charge in [0.25, 0.3) is 0 Å². The molecule has 88 valence electrons. The molecule has 1 heterocycles. The Labute approximate surface area is 98.7 Å². The van der Waals surface area contributed by atoms with Gasteiger partial charge in [0.15, 0.2) is 0 Å². The average Bonchev–Trinajstić information content (AvgIpc) is 2.75. The normalized spacial score (nSPS) is 12.4. The van der Waals surface area contributed by atoms with E-state index >= 15 is 0 Å². The van der Waals surface area contributed by atoms with Crippen molar-refractivity contribution < 1.29 is 14.3 Å². The molecule has 2 aromatic rings. The Kier molecular flexibility index (Phi) is 2.97. The monoisotopic (exact) mass is 231 g/mol. The third-order valence-electron chi connectivity index (χ3n) is 2.58. The van der Waals surface area contributed by atoms with Crippen LogP contribution in [0.5, 0.6) is 0 Å². The molecule has 1 atom stereocenters. The fraction of sp³-hybridized carbons (Fsp3) is 0.154. The molecule has 0 aliphatic rings. The van der Waals surface area contributed by atoms with Crippen molar-refractivity contribution in [2.24, 2.45) is 5.73 Å². The highest BCUT2D eigenvalue weighted by Gasteiger charge is 2.13. The number of benzene rings is 1. The van der Waals surface area contributed by atoms with Crippen LogP contribution in [-0.4, -0.2) is 11.1 Å². The molecule has 3 N–H and O–H groups in total. The zero-order chi connectivity index (χ0) is 12.4. The van der Waals surface area contributed by atoms with Gasteiger partial charge >= 0.3 is 5.97 Å². The molecule has 0 bridgehead atoms. The Hall–Kier alpha value is -2.07. The highest BCUT2D eigenvalue weighted by molar-refractivity contribution is 5.87. The number of hydrogen-bond donors (Lipinski definition) is 2. The van der Waals surface area contributed by atoms with Crippen molar-refractivity contribution in [2.45, 2.75) is 13.0 Å². The summed E-state index contributed by atoms with van der Waals surface area (Å²) in [4.78, 5) is 10.7. The molecule has 0 fully saturated rings. The zero-order valence-corrected chi connectivity index (χ0v) is 9.38. The summed E-state index contributed by atoms with van der Waals surface area (Å²) in [6, 6.07) is 9.77. The number of carboxylic acids is 1. The first kappa shape index (κ1) is 11.4. The van der Waals surface area contributed by atoms with E-state index in [0.717, 1.165) is 11.3 Å². The molecule has 0 radical (unpaired) electrons. The Morgan fingerprint density at radius 3 is 2.35 bits per heavy atom. The van der Waals surface area contributed by atoms with Crippen LogP contribution in [0.1, 0.15) is 33.5 Å². The van der Waals surface area contributed by atoms with Crippen LogP contribution in [-0.2, 0) is 0 Å². The van der Waals surface area contributed by atoms with Gasteiger partial charge < -0.3 is 15.3 Å². The molecule has 0 spiro atoms. The van der Waals surface area contributed by atoms with E-state index in [0.29, 0.717) is 5.76 Å². The van der Waals surface area contributed by atoms with Gasteiger partial charge in [0.05, 0.1) is 11.6 Å². The van der Waals surface area contributed by atoms with E-state index < -0.39 is 5.97 Å². The lowest BCUT2D eigenvalue weighted by Crippen LogP contribution is -2.11. The number of hydrogen-bond acceptors (Lipinski definition) is 3. The molecule has 1 aromatic heterocycles. The number of carbonyl (C=O) groups is 1. The molecule has 17 heavy (non-hydrogen) atoms. The van der Waals surface area contributed by atoms with Crippen molar-refractivity contribution in [3.63, 3.8) is 0 Å². The standard InChI is InChI=1S/C13H13NO3/c1-8-2-7-11(17-8)12(14)9-3-5-10(6-4-9)13(15)16/h2-7,12H,14H2,1H3,(H,15,16). The highest BCUT2D eigenvalue weighted by Crippen LogP contribution is 2.21. The smallest absolute Gasteiger partial charge is 0.335 e. The van der Waals surface area contributed by atoms with Gasteiger partial charge in [-0.2, -0.15) is 0 Å². The predicted molar refractivity (Wildman–Crippen MR) is 62.9 cm³/mol. The fourth-order valence-electron chi connectivity index (χ4n) is 1.62. The van der Waals surface area contributed by atoms with Crippen LogP contribution in [0.3, 0.4) is 0 Å². The van der Waals surface area contributed by atoms with Crippen LogP contribution < -0.4 is 5.73 Å². The van der Waals surface area contributed by atoms with E-state index in [-0.39, 0.29) is 11.6 Å². The van der Waals surface area contributed by atoms with Crippen molar-refractivity contribution in [3.05, 3.63) is 59.0 Å². The van der Waals surface area contributed by atoms with Gasteiger partial charge in [-0.1, -0.05) is 12.1 Å². The maximum Gasteiger partial charge on any atom is 0.335 e. The van der Waals surface area contributed by atoms with Gasteiger partial charge in [-0.3, -0.25) is 0 Å². The second-order valence-electron chi connectivity index (χ2n) is 3.85. The molecule has 0 aliphatic heterocycles. The quantitative estimate of drug-likeness (QED) is 0.850. The molecular formula is C13H13NO3. The van der Waals surface area contributed by atoms with Crippen LogP contribution >= 0.6 is 0 Å². The minimum Gasteiger partial charge on any atom is -0.478 e. The topological polar surface area (TPSA) is 76.5 Å². The van der Waals surface area contributed by atoms with Crippen molar-refractivity contribution in [1.82, 2.24) is 0 Å². The summed E-state index contributed by atoms with van der Waals surface area (Å²) < 4.78 is 5.44. The molecule has 4 heteroatoms. The summed E-state index contributed by atoms with van der Waals surface area (Å²) in [5, 5.41) is 8.78. The summed E-state index contributed by atoms with van der Waals surface area (Å²) in [6.45, 7) is 1.85. The summed E-state index contributed by atoms with van der Waals surface area (Å²) in [5.74, 6) is 0.530. The molecular weight excluding hydrogens is 218 g/mol. The van der Waals surface area contributed by atoms with E-state index in [1.807, 2.05) is 19.1 Å². The Morgan fingerprint density at radius 2 is 1.88 bits per heavy atom. The summed E-state index contributed by atoms with van der Waals surface area (Å²) in [6.07, 6.45) is 0. The first-order valence-corrected chi connectivity index (χ1v) is 5.23.